The first kappa shape index (κ1) is 15.0. The summed E-state index contributed by atoms with van der Waals surface area (Å²) in [6, 6.07) is 10.1. The van der Waals surface area contributed by atoms with Gasteiger partial charge in [0.1, 0.15) is 6.10 Å². The third kappa shape index (κ3) is 3.60. The first-order chi connectivity index (χ1) is 9.59. The third-order valence-corrected chi connectivity index (χ3v) is 3.40. The molecular weight excluding hydrogens is 274 g/mol. The summed E-state index contributed by atoms with van der Waals surface area (Å²) in [6.45, 7) is 1.49. The Morgan fingerprint density at radius 1 is 1.30 bits per heavy atom. The van der Waals surface area contributed by atoms with Crippen LogP contribution in [0.15, 0.2) is 36.5 Å². The van der Waals surface area contributed by atoms with Gasteiger partial charge in [-0.3, -0.25) is 4.68 Å². The molecule has 20 heavy (non-hydrogen) atoms. The monoisotopic (exact) mass is 293 g/mol. The fourth-order valence-corrected chi connectivity index (χ4v) is 2.29. The number of ether oxygens (including phenoxy) is 1. The van der Waals surface area contributed by atoms with Crippen LogP contribution in [0, 0.1) is 0 Å². The van der Waals surface area contributed by atoms with Gasteiger partial charge in [-0.15, -0.1) is 0 Å². The second-order valence-corrected chi connectivity index (χ2v) is 5.37. The molecule has 1 aromatic heterocycles. The van der Waals surface area contributed by atoms with E-state index in [0.717, 1.165) is 17.8 Å². The van der Waals surface area contributed by atoms with Crippen LogP contribution in [0.1, 0.15) is 17.4 Å². The van der Waals surface area contributed by atoms with E-state index in [0.29, 0.717) is 11.6 Å². The van der Waals surface area contributed by atoms with Gasteiger partial charge in [-0.05, 0) is 19.7 Å². The zero-order valence-corrected chi connectivity index (χ0v) is 12.8. The van der Waals surface area contributed by atoms with Crippen LogP contribution in [0.4, 0.5) is 0 Å². The lowest BCUT2D eigenvalue weighted by Crippen LogP contribution is -2.21. The van der Waals surface area contributed by atoms with E-state index < -0.39 is 0 Å². The van der Waals surface area contributed by atoms with Gasteiger partial charge in [-0.25, -0.2) is 0 Å². The van der Waals surface area contributed by atoms with Gasteiger partial charge in [0.15, 0.2) is 0 Å². The SMILES string of the molecule is CN(C)CCOC(c1ccccc1)c1c(Cl)cnn1C. The van der Waals surface area contributed by atoms with Crippen molar-refractivity contribution >= 4 is 11.6 Å². The van der Waals surface area contributed by atoms with Crippen LogP contribution in [0.25, 0.3) is 0 Å². The highest BCUT2D eigenvalue weighted by Crippen LogP contribution is 2.30. The van der Waals surface area contributed by atoms with Crippen LogP contribution in [0.5, 0.6) is 0 Å². The molecule has 5 heteroatoms. The molecule has 0 fully saturated rings. The largest absolute Gasteiger partial charge is 0.366 e. The highest BCUT2D eigenvalue weighted by Gasteiger charge is 2.21. The van der Waals surface area contributed by atoms with Crippen LogP contribution < -0.4 is 0 Å². The topological polar surface area (TPSA) is 30.3 Å². The number of rotatable bonds is 6. The molecule has 0 aliphatic rings. The summed E-state index contributed by atoms with van der Waals surface area (Å²) in [5.74, 6) is 0. The highest BCUT2D eigenvalue weighted by molar-refractivity contribution is 6.31. The molecule has 0 amide bonds. The first-order valence-corrected chi connectivity index (χ1v) is 6.96. The summed E-state index contributed by atoms with van der Waals surface area (Å²) in [5.41, 5.74) is 1.97. The first-order valence-electron chi connectivity index (χ1n) is 6.58. The lowest BCUT2D eigenvalue weighted by atomic mass is 10.1. The van der Waals surface area contributed by atoms with Crippen molar-refractivity contribution in [2.75, 3.05) is 27.2 Å². The Bertz CT molecular complexity index is 520. The molecule has 0 spiro atoms. The fraction of sp³-hybridized carbons (Fsp3) is 0.400. The number of aromatic nitrogens is 2. The lowest BCUT2D eigenvalue weighted by Gasteiger charge is -2.20. The minimum absolute atomic E-state index is 0.198. The van der Waals surface area contributed by atoms with E-state index in [1.807, 2.05) is 51.5 Å². The zero-order valence-electron chi connectivity index (χ0n) is 12.1. The molecule has 0 saturated carbocycles. The average Bonchev–Trinajstić information content (AvgIpc) is 2.76. The summed E-state index contributed by atoms with van der Waals surface area (Å²) in [7, 11) is 5.93. The van der Waals surface area contributed by atoms with E-state index in [-0.39, 0.29) is 6.10 Å². The van der Waals surface area contributed by atoms with E-state index in [1.165, 1.54) is 0 Å². The highest BCUT2D eigenvalue weighted by atomic mass is 35.5. The van der Waals surface area contributed by atoms with Crippen molar-refractivity contribution in [2.45, 2.75) is 6.10 Å². The number of hydrogen-bond donors (Lipinski definition) is 0. The molecular formula is C15H20ClN3O. The predicted molar refractivity (Wildman–Crippen MR) is 81.0 cm³/mol. The Kier molecular flexibility index (Phi) is 5.17. The number of likely N-dealkylation sites (N-methyl/N-ethyl adjacent to an activating group) is 1. The van der Waals surface area contributed by atoms with Crippen LogP contribution in [-0.4, -0.2) is 41.9 Å². The van der Waals surface area contributed by atoms with Gasteiger partial charge >= 0.3 is 0 Å². The van der Waals surface area contributed by atoms with Crippen molar-refractivity contribution in [1.82, 2.24) is 14.7 Å². The molecule has 1 heterocycles. The summed E-state index contributed by atoms with van der Waals surface area (Å²) < 4.78 is 7.83. The molecule has 2 aromatic rings. The Hall–Kier alpha value is -1.36. The van der Waals surface area contributed by atoms with Crippen molar-refractivity contribution in [1.29, 1.82) is 0 Å². The zero-order chi connectivity index (χ0) is 14.5. The molecule has 0 bridgehead atoms. The minimum atomic E-state index is -0.198. The second-order valence-electron chi connectivity index (χ2n) is 4.97. The second kappa shape index (κ2) is 6.88. The van der Waals surface area contributed by atoms with Crippen molar-refractivity contribution < 1.29 is 4.74 Å². The molecule has 0 aliphatic carbocycles. The molecule has 0 saturated heterocycles. The number of benzene rings is 1. The standard InChI is InChI=1S/C15H20ClN3O/c1-18(2)9-10-20-15(12-7-5-4-6-8-12)14-13(16)11-17-19(14)3/h4-8,11,15H,9-10H2,1-3H3. The maximum Gasteiger partial charge on any atom is 0.126 e. The number of halogens is 1. The van der Waals surface area contributed by atoms with Crippen LogP contribution in [0.2, 0.25) is 5.02 Å². The van der Waals surface area contributed by atoms with Crippen molar-refractivity contribution in [3.8, 4) is 0 Å². The molecule has 0 radical (unpaired) electrons. The van der Waals surface area contributed by atoms with Gasteiger partial charge in [0, 0.05) is 13.6 Å². The average molecular weight is 294 g/mol. The van der Waals surface area contributed by atoms with Crippen molar-refractivity contribution in [3.63, 3.8) is 0 Å². The molecule has 4 nitrogen and oxygen atoms in total. The number of nitrogens with zero attached hydrogens (tertiary/aromatic N) is 3. The molecule has 0 N–H and O–H groups in total. The molecule has 1 unspecified atom stereocenters. The summed E-state index contributed by atoms with van der Waals surface area (Å²) in [6.07, 6.45) is 1.46. The van der Waals surface area contributed by atoms with Gasteiger partial charge < -0.3 is 9.64 Å². The van der Waals surface area contributed by atoms with Crippen LogP contribution in [0.3, 0.4) is 0 Å². The van der Waals surface area contributed by atoms with E-state index >= 15 is 0 Å². The van der Waals surface area contributed by atoms with Gasteiger partial charge in [0.2, 0.25) is 0 Å². The fourth-order valence-electron chi connectivity index (χ4n) is 2.03. The van der Waals surface area contributed by atoms with Gasteiger partial charge in [0.25, 0.3) is 0 Å². The maximum absolute atomic E-state index is 6.26. The van der Waals surface area contributed by atoms with Crippen molar-refractivity contribution in [2.24, 2.45) is 7.05 Å². The normalized spacial score (nSPS) is 12.8. The van der Waals surface area contributed by atoms with E-state index in [4.69, 9.17) is 16.3 Å². The molecule has 2 rings (SSSR count). The number of hydrogen-bond acceptors (Lipinski definition) is 3. The maximum atomic E-state index is 6.26. The molecule has 1 atom stereocenters. The summed E-state index contributed by atoms with van der Waals surface area (Å²) >= 11 is 6.26. The Balaban J connectivity index is 2.25. The summed E-state index contributed by atoms with van der Waals surface area (Å²) in [5, 5.41) is 4.83. The smallest absolute Gasteiger partial charge is 0.126 e. The quantitative estimate of drug-likeness (QED) is 0.820. The van der Waals surface area contributed by atoms with Crippen molar-refractivity contribution in [3.05, 3.63) is 52.8 Å². The van der Waals surface area contributed by atoms with Gasteiger partial charge in [0.05, 0.1) is 23.5 Å². The Morgan fingerprint density at radius 2 is 2.00 bits per heavy atom. The lowest BCUT2D eigenvalue weighted by molar-refractivity contribution is 0.0639. The Labute approximate surface area is 124 Å². The number of aryl methyl sites for hydroxylation is 1. The third-order valence-electron chi connectivity index (χ3n) is 3.11. The van der Waals surface area contributed by atoms with E-state index in [1.54, 1.807) is 10.9 Å². The van der Waals surface area contributed by atoms with E-state index in [9.17, 15) is 0 Å². The molecule has 108 valence electrons. The van der Waals surface area contributed by atoms with Crippen LogP contribution in [-0.2, 0) is 11.8 Å². The molecule has 1 aromatic carbocycles. The predicted octanol–water partition coefficient (Wildman–Crippen LogP) is 2.74. The summed E-state index contributed by atoms with van der Waals surface area (Å²) in [4.78, 5) is 2.09. The molecule has 0 aliphatic heterocycles. The van der Waals surface area contributed by atoms with Gasteiger partial charge in [-0.2, -0.15) is 5.10 Å². The van der Waals surface area contributed by atoms with E-state index in [2.05, 4.69) is 10.00 Å². The van der Waals surface area contributed by atoms with Crippen LogP contribution >= 0.6 is 11.6 Å². The minimum Gasteiger partial charge on any atom is -0.366 e. The van der Waals surface area contributed by atoms with Gasteiger partial charge in [-0.1, -0.05) is 41.9 Å². The Morgan fingerprint density at radius 3 is 2.55 bits per heavy atom.